The number of esters is 1. The van der Waals surface area contributed by atoms with Crippen molar-refractivity contribution < 1.29 is 28.9 Å². The molecule has 1 aromatic carbocycles. The number of benzene rings is 1. The molecule has 1 fully saturated rings. The van der Waals surface area contributed by atoms with Crippen molar-refractivity contribution in [3.63, 3.8) is 0 Å². The number of carbonyl (C=O) groups is 2. The van der Waals surface area contributed by atoms with Crippen LogP contribution in [0, 0.1) is 5.92 Å². The Balaban J connectivity index is 1.47. The summed E-state index contributed by atoms with van der Waals surface area (Å²) < 4.78 is 16.1. The molecule has 1 unspecified atom stereocenters. The summed E-state index contributed by atoms with van der Waals surface area (Å²) >= 11 is 0. The van der Waals surface area contributed by atoms with Crippen LogP contribution in [0.25, 0.3) is 10.8 Å². The van der Waals surface area contributed by atoms with E-state index in [0.29, 0.717) is 31.3 Å². The fourth-order valence-corrected chi connectivity index (χ4v) is 3.34. The number of hydrogen-bond acceptors (Lipinski definition) is 8. The molecule has 3 rings (SSSR count). The molecule has 2 aromatic rings. The number of likely N-dealkylation sites (tertiary alicyclic amines) is 1. The highest BCUT2D eigenvalue weighted by atomic mass is 16.6. The van der Waals surface area contributed by atoms with Gasteiger partial charge in [-0.2, -0.15) is 0 Å². The molecule has 9 nitrogen and oxygen atoms in total. The van der Waals surface area contributed by atoms with E-state index in [1.54, 1.807) is 44.0 Å². The summed E-state index contributed by atoms with van der Waals surface area (Å²) in [6.45, 7) is 12.6. The van der Waals surface area contributed by atoms with Crippen molar-refractivity contribution in [2.75, 3.05) is 31.6 Å². The predicted octanol–water partition coefficient (Wildman–Crippen LogP) is 3.60. The second-order valence-corrected chi connectivity index (χ2v) is 10.6. The number of fused-ring (bicyclic) bond motifs is 1. The fraction of sp³-hybridized carbons (Fsp3) is 0.560. The normalized spacial score (nSPS) is 15.4. The van der Waals surface area contributed by atoms with Gasteiger partial charge in [0.1, 0.15) is 29.4 Å². The number of hydrogen-bond donors (Lipinski definition) is 2. The highest BCUT2D eigenvalue weighted by molar-refractivity contribution is 5.85. The summed E-state index contributed by atoms with van der Waals surface area (Å²) in [7, 11) is 0. The number of aliphatic hydroxyl groups is 1. The summed E-state index contributed by atoms with van der Waals surface area (Å²) in [4.78, 5) is 30.1. The van der Waals surface area contributed by atoms with E-state index in [0.717, 1.165) is 16.6 Å². The van der Waals surface area contributed by atoms with Crippen LogP contribution in [-0.4, -0.2) is 70.6 Å². The molecule has 9 heteroatoms. The number of rotatable bonds is 7. The van der Waals surface area contributed by atoms with Gasteiger partial charge in [-0.1, -0.05) is 6.07 Å². The fourth-order valence-electron chi connectivity index (χ4n) is 3.34. The monoisotopic (exact) mass is 473 g/mol. The van der Waals surface area contributed by atoms with Crippen molar-refractivity contribution in [1.29, 1.82) is 0 Å². The number of nitrogens with zero attached hydrogens (tertiary/aromatic N) is 2. The highest BCUT2D eigenvalue weighted by Crippen LogP contribution is 2.24. The van der Waals surface area contributed by atoms with Gasteiger partial charge in [-0.3, -0.25) is 0 Å². The van der Waals surface area contributed by atoms with Crippen LogP contribution >= 0.6 is 0 Å². The van der Waals surface area contributed by atoms with E-state index in [1.807, 2.05) is 32.9 Å². The minimum Gasteiger partial charge on any atom is -0.490 e. The number of ether oxygens (including phenoxy) is 3. The van der Waals surface area contributed by atoms with Gasteiger partial charge >= 0.3 is 12.1 Å². The number of pyridine rings is 1. The van der Waals surface area contributed by atoms with Crippen molar-refractivity contribution in [3.05, 3.63) is 30.5 Å². The molecule has 1 aromatic heterocycles. The topological polar surface area (TPSA) is 110 Å². The minimum atomic E-state index is -1.36. The third-order valence-electron chi connectivity index (χ3n) is 4.96. The molecule has 1 atom stereocenters. The average molecular weight is 474 g/mol. The second kappa shape index (κ2) is 10.0. The zero-order valence-corrected chi connectivity index (χ0v) is 20.8. The van der Waals surface area contributed by atoms with Crippen LogP contribution in [0.5, 0.6) is 5.75 Å². The van der Waals surface area contributed by atoms with Gasteiger partial charge in [0.2, 0.25) is 0 Å². The van der Waals surface area contributed by atoms with Crippen molar-refractivity contribution in [3.8, 4) is 5.75 Å². The van der Waals surface area contributed by atoms with E-state index < -0.39 is 23.3 Å². The molecular formula is C25H35N3O6. The first-order valence-electron chi connectivity index (χ1n) is 11.4. The van der Waals surface area contributed by atoms with Crippen LogP contribution < -0.4 is 10.1 Å². The highest BCUT2D eigenvalue weighted by Gasteiger charge is 2.33. The van der Waals surface area contributed by atoms with Gasteiger partial charge in [-0.25, -0.2) is 14.6 Å². The molecule has 0 radical (unpaired) electrons. The first kappa shape index (κ1) is 25.6. The lowest BCUT2D eigenvalue weighted by atomic mass is 10.0. The van der Waals surface area contributed by atoms with E-state index in [9.17, 15) is 14.7 Å². The largest absolute Gasteiger partial charge is 0.490 e. The standard InChI is InChI=1S/C25H35N3O6/c1-24(2,3)33-22(30)20(29)15-32-19-8-7-17-10-21(27-12-18(17)9-19)26-11-16-13-28(14-16)23(31)34-25(4,5)6/h7-10,12,16,20,29H,11,13-15H2,1-6H3,(H,26,27). The first-order chi connectivity index (χ1) is 15.8. The number of nitrogens with one attached hydrogen (secondary N) is 1. The van der Waals surface area contributed by atoms with E-state index in [4.69, 9.17) is 14.2 Å². The van der Waals surface area contributed by atoms with Crippen molar-refractivity contribution in [1.82, 2.24) is 9.88 Å². The van der Waals surface area contributed by atoms with Gasteiger partial charge < -0.3 is 29.5 Å². The maximum Gasteiger partial charge on any atom is 0.410 e. The van der Waals surface area contributed by atoms with Crippen LogP contribution in [0.3, 0.4) is 0 Å². The molecule has 0 spiro atoms. The Labute approximate surface area is 200 Å². The molecule has 1 saturated heterocycles. The summed E-state index contributed by atoms with van der Waals surface area (Å²) in [5.41, 5.74) is -1.16. The number of anilines is 1. The van der Waals surface area contributed by atoms with E-state index >= 15 is 0 Å². The molecular weight excluding hydrogens is 438 g/mol. The smallest absolute Gasteiger partial charge is 0.410 e. The molecule has 1 amide bonds. The van der Waals surface area contributed by atoms with Crippen LogP contribution in [0.2, 0.25) is 0 Å². The Morgan fingerprint density at radius 2 is 1.76 bits per heavy atom. The van der Waals surface area contributed by atoms with E-state index in [1.165, 1.54) is 0 Å². The van der Waals surface area contributed by atoms with Gasteiger partial charge in [-0.15, -0.1) is 0 Å². The van der Waals surface area contributed by atoms with E-state index in [2.05, 4.69) is 10.3 Å². The van der Waals surface area contributed by atoms with Crippen molar-refractivity contribution >= 4 is 28.7 Å². The van der Waals surface area contributed by atoms with Gasteiger partial charge in [0, 0.05) is 37.1 Å². The number of aliphatic hydroxyl groups excluding tert-OH is 1. The summed E-state index contributed by atoms with van der Waals surface area (Å²) in [6.07, 6.45) is 0.101. The first-order valence-corrected chi connectivity index (χ1v) is 11.4. The SMILES string of the molecule is CC(C)(C)OC(=O)C(O)COc1ccc2cc(NCC3CN(C(=O)OC(C)(C)C)C3)ncc2c1. The van der Waals surface area contributed by atoms with Crippen LogP contribution in [0.15, 0.2) is 30.5 Å². The van der Waals surface area contributed by atoms with Crippen molar-refractivity contribution in [2.45, 2.75) is 58.8 Å². The second-order valence-electron chi connectivity index (χ2n) is 10.6. The molecule has 34 heavy (non-hydrogen) atoms. The summed E-state index contributed by atoms with van der Waals surface area (Å²) in [5.74, 6) is 0.898. The number of amides is 1. The Morgan fingerprint density at radius 1 is 1.09 bits per heavy atom. The third-order valence-corrected chi connectivity index (χ3v) is 4.96. The van der Waals surface area contributed by atoms with Gasteiger partial charge in [0.15, 0.2) is 6.10 Å². The van der Waals surface area contributed by atoms with Crippen LogP contribution in [0.4, 0.5) is 10.6 Å². The molecule has 0 bridgehead atoms. The lowest BCUT2D eigenvalue weighted by molar-refractivity contribution is -0.166. The molecule has 1 aliphatic heterocycles. The number of aromatic nitrogens is 1. The maximum absolute atomic E-state index is 12.0. The summed E-state index contributed by atoms with van der Waals surface area (Å²) in [5, 5.41) is 15.1. The Morgan fingerprint density at radius 3 is 2.41 bits per heavy atom. The van der Waals surface area contributed by atoms with Gasteiger partial charge in [0.05, 0.1) is 0 Å². The Kier molecular flexibility index (Phi) is 7.55. The molecule has 0 saturated carbocycles. The predicted molar refractivity (Wildman–Crippen MR) is 129 cm³/mol. The van der Waals surface area contributed by atoms with Gasteiger partial charge in [-0.05, 0) is 65.1 Å². The Hall–Kier alpha value is -3.07. The lowest BCUT2D eigenvalue weighted by Crippen LogP contribution is -2.53. The number of carbonyl (C=O) groups excluding carboxylic acids is 2. The maximum atomic E-state index is 12.0. The van der Waals surface area contributed by atoms with Crippen LogP contribution in [-0.2, 0) is 14.3 Å². The molecule has 186 valence electrons. The van der Waals surface area contributed by atoms with Gasteiger partial charge in [0.25, 0.3) is 0 Å². The quantitative estimate of drug-likeness (QED) is 0.587. The third kappa shape index (κ3) is 7.48. The van der Waals surface area contributed by atoms with Crippen molar-refractivity contribution in [2.24, 2.45) is 5.92 Å². The average Bonchev–Trinajstić information content (AvgIpc) is 2.68. The molecule has 0 aliphatic carbocycles. The molecule has 2 N–H and O–H groups in total. The van der Waals surface area contributed by atoms with E-state index in [-0.39, 0.29) is 12.7 Å². The molecule has 2 heterocycles. The van der Waals surface area contributed by atoms with Crippen LogP contribution in [0.1, 0.15) is 41.5 Å². The molecule has 1 aliphatic rings. The lowest BCUT2D eigenvalue weighted by Gasteiger charge is -2.39. The minimum absolute atomic E-state index is 0.199. The zero-order valence-electron chi connectivity index (χ0n) is 20.8. The zero-order chi connectivity index (χ0) is 25.1. The summed E-state index contributed by atoms with van der Waals surface area (Å²) in [6, 6.07) is 7.42. The Bertz CT molecular complexity index is 1020.